The quantitative estimate of drug-likeness (QED) is 0.730. The van der Waals surface area contributed by atoms with Gasteiger partial charge in [-0.05, 0) is 12.8 Å². The van der Waals surface area contributed by atoms with E-state index in [1.807, 2.05) is 0 Å². The lowest BCUT2D eigenvalue weighted by molar-refractivity contribution is -0.151. The first-order valence-electron chi connectivity index (χ1n) is 6.15. The fourth-order valence-corrected chi connectivity index (χ4v) is 2.05. The molecule has 1 aliphatic rings. The van der Waals surface area contributed by atoms with Crippen LogP contribution in [-0.4, -0.2) is 59.5 Å². The van der Waals surface area contributed by atoms with E-state index in [0.717, 1.165) is 19.6 Å². The molecule has 0 aromatic carbocycles. The summed E-state index contributed by atoms with van der Waals surface area (Å²) < 4.78 is 0. The van der Waals surface area contributed by atoms with Gasteiger partial charge in [0.05, 0.1) is 0 Å². The van der Waals surface area contributed by atoms with E-state index in [1.165, 1.54) is 6.92 Å². The zero-order chi connectivity index (χ0) is 13.0. The first-order valence-corrected chi connectivity index (χ1v) is 6.15. The number of piperazine rings is 1. The topological polar surface area (TPSA) is 60.9 Å². The Morgan fingerprint density at radius 2 is 1.65 bits per heavy atom. The van der Waals surface area contributed by atoms with Gasteiger partial charge in [0.1, 0.15) is 5.92 Å². The molecule has 5 heteroatoms. The molecule has 1 heterocycles. The molecule has 0 aromatic rings. The number of amides is 1. The smallest absolute Gasteiger partial charge is 0.315 e. The summed E-state index contributed by atoms with van der Waals surface area (Å²) in [5, 5.41) is 8.80. The second-order valence-corrected chi connectivity index (χ2v) is 5.08. The number of carbonyl (C=O) groups excluding carboxylic acids is 1. The predicted molar refractivity (Wildman–Crippen MR) is 64.7 cm³/mol. The first-order chi connectivity index (χ1) is 7.91. The molecule has 0 aromatic heterocycles. The average Bonchev–Trinajstić information content (AvgIpc) is 2.27. The summed E-state index contributed by atoms with van der Waals surface area (Å²) in [4.78, 5) is 26.5. The van der Waals surface area contributed by atoms with Crippen molar-refractivity contribution in [2.24, 2.45) is 11.8 Å². The molecule has 1 aliphatic heterocycles. The fourth-order valence-electron chi connectivity index (χ4n) is 2.05. The maximum absolute atomic E-state index is 11.8. The third kappa shape index (κ3) is 4.00. The van der Waals surface area contributed by atoms with Gasteiger partial charge < -0.3 is 10.0 Å². The first kappa shape index (κ1) is 14.0. The summed E-state index contributed by atoms with van der Waals surface area (Å²) in [6.45, 7) is 9.80. The summed E-state index contributed by atoms with van der Waals surface area (Å²) in [5.41, 5.74) is 0. The highest BCUT2D eigenvalue weighted by atomic mass is 16.4. The van der Waals surface area contributed by atoms with Gasteiger partial charge in [-0.3, -0.25) is 14.5 Å². The zero-order valence-electron chi connectivity index (χ0n) is 10.8. The van der Waals surface area contributed by atoms with Crippen LogP contribution in [0.1, 0.15) is 20.8 Å². The van der Waals surface area contributed by atoms with Gasteiger partial charge in [-0.25, -0.2) is 0 Å². The summed E-state index contributed by atoms with van der Waals surface area (Å²) in [7, 11) is 0. The monoisotopic (exact) mass is 242 g/mol. The molecule has 1 N–H and O–H groups in total. The summed E-state index contributed by atoms with van der Waals surface area (Å²) in [6.07, 6.45) is 0. The number of aliphatic carboxylic acids is 1. The van der Waals surface area contributed by atoms with Crippen LogP contribution in [0.25, 0.3) is 0 Å². The second kappa shape index (κ2) is 6.00. The van der Waals surface area contributed by atoms with Crippen molar-refractivity contribution in [3.8, 4) is 0 Å². The number of carbonyl (C=O) groups is 2. The van der Waals surface area contributed by atoms with Crippen LogP contribution in [0.4, 0.5) is 0 Å². The zero-order valence-corrected chi connectivity index (χ0v) is 10.8. The van der Waals surface area contributed by atoms with E-state index in [1.54, 1.807) is 4.90 Å². The number of carboxylic acids is 1. The van der Waals surface area contributed by atoms with E-state index in [2.05, 4.69) is 18.7 Å². The van der Waals surface area contributed by atoms with Crippen LogP contribution in [0, 0.1) is 11.8 Å². The predicted octanol–water partition coefficient (Wildman–Crippen LogP) is 0.507. The van der Waals surface area contributed by atoms with Crippen LogP contribution >= 0.6 is 0 Å². The van der Waals surface area contributed by atoms with Crippen LogP contribution in [0.2, 0.25) is 0 Å². The lowest BCUT2D eigenvalue weighted by atomic mass is 10.1. The van der Waals surface area contributed by atoms with Crippen LogP contribution < -0.4 is 0 Å². The number of carboxylic acid groups (broad SMARTS) is 1. The van der Waals surface area contributed by atoms with Crippen molar-refractivity contribution in [3.05, 3.63) is 0 Å². The summed E-state index contributed by atoms with van der Waals surface area (Å²) in [6, 6.07) is 0. The number of hydrogen-bond donors (Lipinski definition) is 1. The van der Waals surface area contributed by atoms with E-state index in [0.29, 0.717) is 19.0 Å². The number of rotatable bonds is 4. The van der Waals surface area contributed by atoms with Crippen LogP contribution in [0.3, 0.4) is 0 Å². The van der Waals surface area contributed by atoms with Crippen molar-refractivity contribution >= 4 is 11.9 Å². The molecule has 1 atom stereocenters. The standard InChI is InChI=1S/C12H22N2O3/c1-9(2)8-13-4-6-14(7-5-13)11(15)10(3)12(16)17/h9-10H,4-8H2,1-3H3,(H,16,17). The van der Waals surface area contributed by atoms with Crippen LogP contribution in [-0.2, 0) is 9.59 Å². The lowest BCUT2D eigenvalue weighted by Gasteiger charge is -2.36. The summed E-state index contributed by atoms with van der Waals surface area (Å²) in [5.74, 6) is -1.61. The van der Waals surface area contributed by atoms with Gasteiger partial charge in [-0.15, -0.1) is 0 Å². The number of hydrogen-bond acceptors (Lipinski definition) is 3. The molecule has 1 fully saturated rings. The van der Waals surface area contributed by atoms with Gasteiger partial charge >= 0.3 is 5.97 Å². The van der Waals surface area contributed by atoms with Gasteiger partial charge in [0, 0.05) is 32.7 Å². The molecule has 0 aliphatic carbocycles. The molecule has 5 nitrogen and oxygen atoms in total. The van der Waals surface area contributed by atoms with E-state index in [-0.39, 0.29) is 5.91 Å². The summed E-state index contributed by atoms with van der Waals surface area (Å²) >= 11 is 0. The Labute approximate surface area is 102 Å². The van der Waals surface area contributed by atoms with Crippen molar-refractivity contribution in [2.45, 2.75) is 20.8 Å². The molecule has 0 radical (unpaired) electrons. The Bertz CT molecular complexity index is 283. The van der Waals surface area contributed by atoms with Gasteiger partial charge in [-0.1, -0.05) is 13.8 Å². The van der Waals surface area contributed by atoms with Gasteiger partial charge in [0.15, 0.2) is 0 Å². The Balaban J connectivity index is 2.41. The lowest BCUT2D eigenvalue weighted by Crippen LogP contribution is -2.51. The molecular formula is C12H22N2O3. The van der Waals surface area contributed by atoms with Gasteiger partial charge in [-0.2, -0.15) is 0 Å². The van der Waals surface area contributed by atoms with E-state index in [4.69, 9.17) is 5.11 Å². The van der Waals surface area contributed by atoms with Crippen molar-refractivity contribution in [1.29, 1.82) is 0 Å². The van der Waals surface area contributed by atoms with E-state index < -0.39 is 11.9 Å². The molecule has 0 bridgehead atoms. The molecule has 1 saturated heterocycles. The minimum Gasteiger partial charge on any atom is -0.481 e. The highest BCUT2D eigenvalue weighted by Gasteiger charge is 2.28. The maximum atomic E-state index is 11.8. The molecule has 1 rings (SSSR count). The Hall–Kier alpha value is -1.10. The van der Waals surface area contributed by atoms with Crippen LogP contribution in [0.15, 0.2) is 0 Å². The largest absolute Gasteiger partial charge is 0.481 e. The van der Waals surface area contributed by atoms with Crippen molar-refractivity contribution in [3.63, 3.8) is 0 Å². The molecule has 1 amide bonds. The molecule has 0 spiro atoms. The Morgan fingerprint density at radius 1 is 1.12 bits per heavy atom. The minimum atomic E-state index is -1.04. The second-order valence-electron chi connectivity index (χ2n) is 5.08. The Morgan fingerprint density at radius 3 is 2.06 bits per heavy atom. The molecular weight excluding hydrogens is 220 g/mol. The van der Waals surface area contributed by atoms with Crippen molar-refractivity contribution in [2.75, 3.05) is 32.7 Å². The SMILES string of the molecule is CC(C)CN1CCN(C(=O)C(C)C(=O)O)CC1. The normalized spacial score (nSPS) is 19.4. The molecule has 0 saturated carbocycles. The van der Waals surface area contributed by atoms with E-state index in [9.17, 15) is 9.59 Å². The maximum Gasteiger partial charge on any atom is 0.315 e. The van der Waals surface area contributed by atoms with E-state index >= 15 is 0 Å². The molecule has 1 unspecified atom stereocenters. The fraction of sp³-hybridized carbons (Fsp3) is 0.833. The van der Waals surface area contributed by atoms with Crippen LogP contribution in [0.5, 0.6) is 0 Å². The Kier molecular flexibility index (Phi) is 4.93. The number of nitrogens with zero attached hydrogens (tertiary/aromatic N) is 2. The van der Waals surface area contributed by atoms with Crippen molar-refractivity contribution in [1.82, 2.24) is 9.80 Å². The van der Waals surface area contributed by atoms with Gasteiger partial charge in [0.25, 0.3) is 0 Å². The highest BCUT2D eigenvalue weighted by Crippen LogP contribution is 2.09. The minimum absolute atomic E-state index is 0.262. The third-order valence-corrected chi connectivity index (χ3v) is 3.05. The highest BCUT2D eigenvalue weighted by molar-refractivity contribution is 5.96. The molecule has 17 heavy (non-hydrogen) atoms. The molecule has 98 valence electrons. The van der Waals surface area contributed by atoms with Gasteiger partial charge in [0.2, 0.25) is 5.91 Å². The van der Waals surface area contributed by atoms with Crippen molar-refractivity contribution < 1.29 is 14.7 Å². The average molecular weight is 242 g/mol. The third-order valence-electron chi connectivity index (χ3n) is 3.05.